The van der Waals surface area contributed by atoms with Crippen LogP contribution in [-0.2, 0) is 21.3 Å². The Labute approximate surface area is 177 Å². The van der Waals surface area contributed by atoms with Gasteiger partial charge in [0.2, 0.25) is 10.0 Å². The lowest BCUT2D eigenvalue weighted by Gasteiger charge is -2.22. The molecule has 0 unspecified atom stereocenters. The number of nitrogens with zero attached hydrogens (tertiary/aromatic N) is 1. The van der Waals surface area contributed by atoms with Crippen molar-refractivity contribution in [2.24, 2.45) is 0 Å². The Morgan fingerprint density at radius 1 is 1.17 bits per heavy atom. The lowest BCUT2D eigenvalue weighted by Crippen LogP contribution is -2.29. The van der Waals surface area contributed by atoms with Crippen molar-refractivity contribution in [2.75, 3.05) is 23.7 Å². The smallest absolute Gasteiger partial charge is 0.251 e. The Hall–Kier alpha value is -2.09. The summed E-state index contributed by atoms with van der Waals surface area (Å²) in [5, 5.41) is 3.31. The predicted molar refractivity (Wildman–Crippen MR) is 117 cm³/mol. The number of hydrogen-bond acceptors (Lipinski definition) is 4. The van der Waals surface area contributed by atoms with Crippen molar-refractivity contribution in [2.45, 2.75) is 32.9 Å². The van der Waals surface area contributed by atoms with E-state index in [2.05, 4.69) is 5.32 Å². The summed E-state index contributed by atoms with van der Waals surface area (Å²) in [6, 6.07) is 13.6. The number of hydrogen-bond donors (Lipinski definition) is 1. The van der Waals surface area contributed by atoms with Crippen molar-refractivity contribution < 1.29 is 17.9 Å². The average Bonchev–Trinajstić information content (AvgIpc) is 2.65. The van der Waals surface area contributed by atoms with E-state index in [9.17, 15) is 13.2 Å². The highest BCUT2D eigenvalue weighted by molar-refractivity contribution is 7.92. The summed E-state index contributed by atoms with van der Waals surface area (Å²) >= 11 is 6.00. The van der Waals surface area contributed by atoms with Crippen molar-refractivity contribution in [3.63, 3.8) is 0 Å². The van der Waals surface area contributed by atoms with E-state index in [0.717, 1.165) is 18.2 Å². The number of halogens is 1. The van der Waals surface area contributed by atoms with Gasteiger partial charge in [-0.25, -0.2) is 8.42 Å². The molecule has 1 amide bonds. The van der Waals surface area contributed by atoms with Crippen LogP contribution in [0, 0.1) is 0 Å². The number of benzene rings is 2. The van der Waals surface area contributed by atoms with Crippen molar-refractivity contribution >= 4 is 33.2 Å². The molecular formula is C21H27ClN2O4S. The molecule has 1 N–H and O–H groups in total. The number of rotatable bonds is 10. The van der Waals surface area contributed by atoms with Gasteiger partial charge in [-0.2, -0.15) is 0 Å². The SMILES string of the molecule is CC(C)OCCCNC(=O)c1ccc(CN(c2cccc(Cl)c2)S(C)(=O)=O)cc1. The lowest BCUT2D eigenvalue weighted by molar-refractivity contribution is 0.0757. The molecule has 29 heavy (non-hydrogen) atoms. The molecule has 6 nitrogen and oxygen atoms in total. The maximum Gasteiger partial charge on any atom is 0.251 e. The third-order valence-electron chi connectivity index (χ3n) is 4.10. The molecule has 0 spiro atoms. The largest absolute Gasteiger partial charge is 0.379 e. The third-order valence-corrected chi connectivity index (χ3v) is 5.47. The summed E-state index contributed by atoms with van der Waals surface area (Å²) in [6.45, 7) is 5.22. The van der Waals surface area contributed by atoms with Crippen LogP contribution in [0.4, 0.5) is 5.69 Å². The van der Waals surface area contributed by atoms with E-state index < -0.39 is 10.0 Å². The fourth-order valence-electron chi connectivity index (χ4n) is 2.65. The minimum absolute atomic E-state index is 0.146. The van der Waals surface area contributed by atoms with E-state index in [1.54, 1.807) is 48.5 Å². The summed E-state index contributed by atoms with van der Waals surface area (Å²) in [6.07, 6.45) is 2.07. The second-order valence-electron chi connectivity index (χ2n) is 6.98. The first-order chi connectivity index (χ1) is 13.7. The van der Waals surface area contributed by atoms with E-state index in [4.69, 9.17) is 16.3 Å². The zero-order valence-electron chi connectivity index (χ0n) is 16.9. The number of carbonyl (C=O) groups excluding carboxylic acids is 1. The van der Waals surface area contributed by atoms with E-state index in [-0.39, 0.29) is 18.6 Å². The Kier molecular flexibility index (Phi) is 8.49. The zero-order chi connectivity index (χ0) is 21.4. The van der Waals surface area contributed by atoms with Crippen LogP contribution < -0.4 is 9.62 Å². The van der Waals surface area contributed by atoms with Gasteiger partial charge in [0.1, 0.15) is 0 Å². The van der Waals surface area contributed by atoms with Crippen molar-refractivity contribution in [1.82, 2.24) is 5.32 Å². The van der Waals surface area contributed by atoms with Crippen LogP contribution in [0.2, 0.25) is 5.02 Å². The molecule has 0 radical (unpaired) electrons. The third kappa shape index (κ3) is 7.68. The summed E-state index contributed by atoms with van der Waals surface area (Å²) in [5.41, 5.74) is 1.77. The van der Waals surface area contributed by atoms with Crippen LogP contribution in [0.5, 0.6) is 0 Å². The van der Waals surface area contributed by atoms with Gasteiger partial charge in [0.25, 0.3) is 5.91 Å². The number of carbonyl (C=O) groups is 1. The first-order valence-electron chi connectivity index (χ1n) is 9.39. The normalized spacial score (nSPS) is 11.5. The standard InChI is InChI=1S/C21H27ClN2O4S/c1-16(2)28-13-5-12-23-21(25)18-10-8-17(9-11-18)15-24(29(3,26)27)20-7-4-6-19(22)14-20/h4,6-11,14,16H,5,12-13,15H2,1-3H3,(H,23,25). The molecule has 0 aromatic heterocycles. The Morgan fingerprint density at radius 2 is 1.86 bits per heavy atom. The van der Waals surface area contributed by atoms with Crippen molar-refractivity contribution in [1.29, 1.82) is 0 Å². The number of ether oxygens (including phenoxy) is 1. The minimum Gasteiger partial charge on any atom is -0.379 e. The molecule has 0 saturated heterocycles. The van der Waals surface area contributed by atoms with E-state index in [1.807, 2.05) is 13.8 Å². The molecule has 0 aliphatic carbocycles. The molecule has 2 rings (SSSR count). The summed E-state index contributed by atoms with van der Waals surface area (Å²) in [4.78, 5) is 12.2. The molecule has 8 heteroatoms. The molecule has 158 valence electrons. The van der Waals surface area contributed by atoms with Gasteiger partial charge in [0.15, 0.2) is 0 Å². The van der Waals surface area contributed by atoms with Gasteiger partial charge in [0, 0.05) is 23.7 Å². The topological polar surface area (TPSA) is 75.7 Å². The molecule has 2 aromatic carbocycles. The maximum atomic E-state index is 12.2. The second kappa shape index (κ2) is 10.6. The summed E-state index contributed by atoms with van der Waals surface area (Å²) in [7, 11) is -3.50. The molecule has 2 aromatic rings. The molecule has 0 fully saturated rings. The van der Waals surface area contributed by atoms with Crippen LogP contribution in [0.3, 0.4) is 0 Å². The Bertz CT molecular complexity index is 915. The Morgan fingerprint density at radius 3 is 2.45 bits per heavy atom. The van der Waals surface area contributed by atoms with Gasteiger partial charge >= 0.3 is 0 Å². The molecular weight excluding hydrogens is 412 g/mol. The van der Waals surface area contributed by atoms with Crippen LogP contribution in [0.25, 0.3) is 0 Å². The highest BCUT2D eigenvalue weighted by atomic mass is 35.5. The zero-order valence-corrected chi connectivity index (χ0v) is 18.5. The molecule has 0 bridgehead atoms. The Balaban J connectivity index is 2.00. The molecule has 0 aliphatic heterocycles. The van der Waals surface area contributed by atoms with Gasteiger partial charge in [-0.1, -0.05) is 29.8 Å². The van der Waals surface area contributed by atoms with Crippen LogP contribution in [0.1, 0.15) is 36.2 Å². The highest BCUT2D eigenvalue weighted by Crippen LogP contribution is 2.24. The first kappa shape index (κ1) is 23.2. The van der Waals surface area contributed by atoms with Gasteiger partial charge in [0.05, 0.1) is 24.6 Å². The van der Waals surface area contributed by atoms with Gasteiger partial charge in [-0.15, -0.1) is 0 Å². The van der Waals surface area contributed by atoms with Crippen LogP contribution >= 0.6 is 11.6 Å². The van der Waals surface area contributed by atoms with Crippen LogP contribution in [0.15, 0.2) is 48.5 Å². The van der Waals surface area contributed by atoms with E-state index in [0.29, 0.717) is 29.4 Å². The molecule has 0 atom stereocenters. The summed E-state index contributed by atoms with van der Waals surface area (Å²) < 4.78 is 31.2. The number of nitrogens with one attached hydrogen (secondary N) is 1. The summed E-state index contributed by atoms with van der Waals surface area (Å²) in [5.74, 6) is -0.170. The van der Waals surface area contributed by atoms with E-state index in [1.165, 1.54) is 4.31 Å². The number of anilines is 1. The first-order valence-corrected chi connectivity index (χ1v) is 11.6. The molecule has 0 aliphatic rings. The van der Waals surface area contributed by atoms with Gasteiger partial charge < -0.3 is 10.1 Å². The lowest BCUT2D eigenvalue weighted by atomic mass is 10.1. The van der Waals surface area contributed by atoms with Gasteiger partial charge in [-0.05, 0) is 56.2 Å². The van der Waals surface area contributed by atoms with Crippen molar-refractivity contribution in [3.8, 4) is 0 Å². The fraction of sp³-hybridized carbons (Fsp3) is 0.381. The number of sulfonamides is 1. The van der Waals surface area contributed by atoms with E-state index >= 15 is 0 Å². The van der Waals surface area contributed by atoms with Crippen molar-refractivity contribution in [3.05, 3.63) is 64.7 Å². The van der Waals surface area contributed by atoms with Crippen LogP contribution in [-0.4, -0.2) is 39.8 Å². The van der Waals surface area contributed by atoms with Gasteiger partial charge in [-0.3, -0.25) is 9.10 Å². The molecule has 0 saturated carbocycles. The minimum atomic E-state index is -3.50. The molecule has 0 heterocycles. The highest BCUT2D eigenvalue weighted by Gasteiger charge is 2.18. The fourth-order valence-corrected chi connectivity index (χ4v) is 3.72. The predicted octanol–water partition coefficient (Wildman–Crippen LogP) is 3.85. The number of amides is 1. The monoisotopic (exact) mass is 438 g/mol. The second-order valence-corrected chi connectivity index (χ2v) is 9.32. The quantitative estimate of drug-likeness (QED) is 0.571. The maximum absolute atomic E-state index is 12.2. The average molecular weight is 439 g/mol.